The van der Waals surface area contributed by atoms with Crippen molar-refractivity contribution in [1.29, 1.82) is 0 Å². The van der Waals surface area contributed by atoms with Gasteiger partial charge < -0.3 is 14.2 Å². The summed E-state index contributed by atoms with van der Waals surface area (Å²) in [5.41, 5.74) is 0.605. The molecule has 0 atom stereocenters. The minimum absolute atomic E-state index is 0.105. The van der Waals surface area contributed by atoms with Crippen molar-refractivity contribution in [3.05, 3.63) is 35.4 Å². The first-order valence-corrected chi connectivity index (χ1v) is 9.82. The predicted molar refractivity (Wildman–Crippen MR) is 104 cm³/mol. The fourth-order valence-corrected chi connectivity index (χ4v) is 2.85. The van der Waals surface area contributed by atoms with Gasteiger partial charge in [0.1, 0.15) is 11.3 Å². The summed E-state index contributed by atoms with van der Waals surface area (Å²) in [6, 6.07) is 7.26. The Kier molecular flexibility index (Phi) is 7.89. The molecule has 1 aromatic carbocycles. The second-order valence-electron chi connectivity index (χ2n) is 7.28. The summed E-state index contributed by atoms with van der Waals surface area (Å²) in [5, 5.41) is 0. The van der Waals surface area contributed by atoms with E-state index in [9.17, 15) is 9.59 Å². The third kappa shape index (κ3) is 7.08. The van der Waals surface area contributed by atoms with Gasteiger partial charge in [-0.25, -0.2) is 9.59 Å². The molecule has 0 aliphatic carbocycles. The van der Waals surface area contributed by atoms with E-state index >= 15 is 0 Å². The number of carbonyl (C=O) groups excluding carboxylic acids is 2. The van der Waals surface area contributed by atoms with Crippen LogP contribution >= 0.6 is 0 Å². The predicted octanol–water partition coefficient (Wildman–Crippen LogP) is 5.04. The number of hydrogen-bond donors (Lipinski definition) is 0. The number of ether oxygens (including phenoxy) is 3. The number of carbonyl (C=O) groups is 2. The molecule has 0 radical (unpaired) electrons. The molecule has 1 aliphatic rings. The van der Waals surface area contributed by atoms with Crippen LogP contribution in [-0.4, -0.2) is 24.3 Å². The lowest BCUT2D eigenvalue weighted by Gasteiger charge is -2.29. The quantitative estimate of drug-likeness (QED) is 0.249. The van der Waals surface area contributed by atoms with Gasteiger partial charge in [0.2, 0.25) is 0 Å². The Bertz CT molecular complexity index is 636. The monoisotopic (exact) mass is 374 g/mol. The molecule has 148 valence electrons. The molecule has 0 unspecified atom stereocenters. The lowest BCUT2D eigenvalue weighted by molar-refractivity contribution is -0.222. The lowest BCUT2D eigenvalue weighted by atomic mass is 10.1. The summed E-state index contributed by atoms with van der Waals surface area (Å²) in [6.45, 7) is 5.97. The van der Waals surface area contributed by atoms with E-state index < -0.39 is 17.7 Å². The fourth-order valence-electron chi connectivity index (χ4n) is 2.85. The number of hydrogen-bond acceptors (Lipinski definition) is 5. The molecule has 5 nitrogen and oxygen atoms in total. The minimum Gasteiger partial charge on any atom is -0.494 e. The maximum absolute atomic E-state index is 12.0. The summed E-state index contributed by atoms with van der Waals surface area (Å²) in [6.07, 6.45) is 10.2. The maximum atomic E-state index is 12.0. The van der Waals surface area contributed by atoms with Crippen LogP contribution in [0.25, 0.3) is 6.08 Å². The molecule has 1 aliphatic heterocycles. The topological polar surface area (TPSA) is 61.8 Å². The SMILES string of the molecule is CCCCCCCCCOc1ccc(C=C2C(=O)OC(C)(C)OC2=O)cc1. The molecular formula is C22H30O5. The molecule has 27 heavy (non-hydrogen) atoms. The fraction of sp³-hybridized carbons (Fsp3) is 0.545. The van der Waals surface area contributed by atoms with Crippen LogP contribution in [0, 0.1) is 0 Å². The zero-order chi connectivity index (χ0) is 19.7. The van der Waals surface area contributed by atoms with Crippen LogP contribution in [0.15, 0.2) is 29.8 Å². The third-order valence-corrected chi connectivity index (χ3v) is 4.32. The van der Waals surface area contributed by atoms with Gasteiger partial charge in [-0.3, -0.25) is 0 Å². The largest absolute Gasteiger partial charge is 0.494 e. The maximum Gasteiger partial charge on any atom is 0.348 e. The highest BCUT2D eigenvalue weighted by Crippen LogP contribution is 2.24. The van der Waals surface area contributed by atoms with Crippen molar-refractivity contribution in [1.82, 2.24) is 0 Å². The van der Waals surface area contributed by atoms with E-state index in [0.717, 1.165) is 12.2 Å². The molecule has 1 fully saturated rings. The summed E-state index contributed by atoms with van der Waals surface area (Å²) in [5.74, 6) is -1.79. The van der Waals surface area contributed by atoms with Crippen molar-refractivity contribution < 1.29 is 23.8 Å². The molecule has 2 rings (SSSR count). The van der Waals surface area contributed by atoms with Crippen LogP contribution in [0.2, 0.25) is 0 Å². The molecular weight excluding hydrogens is 344 g/mol. The Morgan fingerprint density at radius 1 is 0.889 bits per heavy atom. The molecule has 5 heteroatoms. The smallest absolute Gasteiger partial charge is 0.348 e. The Hall–Kier alpha value is -2.30. The van der Waals surface area contributed by atoms with Crippen molar-refractivity contribution in [3.8, 4) is 5.75 Å². The zero-order valence-electron chi connectivity index (χ0n) is 16.6. The van der Waals surface area contributed by atoms with Crippen LogP contribution in [0.4, 0.5) is 0 Å². The minimum atomic E-state index is -1.22. The number of benzene rings is 1. The molecule has 0 aromatic heterocycles. The number of unbranched alkanes of at least 4 members (excludes halogenated alkanes) is 6. The second-order valence-corrected chi connectivity index (χ2v) is 7.28. The van der Waals surface area contributed by atoms with E-state index in [1.165, 1.54) is 58.4 Å². The van der Waals surface area contributed by atoms with Gasteiger partial charge in [-0.2, -0.15) is 0 Å². The Balaban J connectivity index is 1.78. The highest BCUT2D eigenvalue weighted by Gasteiger charge is 2.38. The molecule has 0 N–H and O–H groups in total. The highest BCUT2D eigenvalue weighted by atomic mass is 16.7. The van der Waals surface area contributed by atoms with E-state index in [4.69, 9.17) is 14.2 Å². The van der Waals surface area contributed by atoms with Crippen molar-refractivity contribution in [2.24, 2.45) is 0 Å². The van der Waals surface area contributed by atoms with E-state index in [1.807, 2.05) is 12.1 Å². The summed E-state index contributed by atoms with van der Waals surface area (Å²) in [4.78, 5) is 23.9. The molecule has 0 spiro atoms. The van der Waals surface area contributed by atoms with E-state index in [-0.39, 0.29) is 5.57 Å². The van der Waals surface area contributed by atoms with Crippen LogP contribution < -0.4 is 4.74 Å². The van der Waals surface area contributed by atoms with Crippen LogP contribution in [0.3, 0.4) is 0 Å². The van der Waals surface area contributed by atoms with Gasteiger partial charge in [0, 0.05) is 13.8 Å². The first kappa shape index (κ1) is 21.0. The van der Waals surface area contributed by atoms with E-state index in [2.05, 4.69) is 6.92 Å². The Morgan fingerprint density at radius 2 is 1.44 bits per heavy atom. The first-order chi connectivity index (χ1) is 12.9. The zero-order valence-corrected chi connectivity index (χ0v) is 16.6. The van der Waals surface area contributed by atoms with Gasteiger partial charge >= 0.3 is 11.9 Å². The number of cyclic esters (lactones) is 2. The lowest BCUT2D eigenvalue weighted by Crippen LogP contribution is -2.41. The third-order valence-electron chi connectivity index (χ3n) is 4.32. The van der Waals surface area contributed by atoms with Gasteiger partial charge in [0.25, 0.3) is 5.79 Å². The van der Waals surface area contributed by atoms with Crippen LogP contribution in [-0.2, 0) is 19.1 Å². The standard InChI is InChI=1S/C22H30O5/c1-4-5-6-7-8-9-10-15-25-18-13-11-17(12-14-18)16-19-20(23)26-22(2,3)27-21(19)24/h11-14,16H,4-10,15H2,1-3H3. The number of rotatable bonds is 10. The van der Waals surface area contributed by atoms with Crippen molar-refractivity contribution in [3.63, 3.8) is 0 Å². The van der Waals surface area contributed by atoms with Crippen LogP contribution in [0.1, 0.15) is 71.3 Å². The molecule has 0 bridgehead atoms. The van der Waals surface area contributed by atoms with Crippen molar-refractivity contribution in [2.75, 3.05) is 6.61 Å². The van der Waals surface area contributed by atoms with Crippen molar-refractivity contribution in [2.45, 2.75) is 71.5 Å². The highest BCUT2D eigenvalue weighted by molar-refractivity contribution is 6.18. The molecule has 0 amide bonds. The molecule has 1 aromatic rings. The average molecular weight is 374 g/mol. The van der Waals surface area contributed by atoms with E-state index in [0.29, 0.717) is 12.2 Å². The van der Waals surface area contributed by atoms with Gasteiger partial charge in [0.05, 0.1) is 6.61 Å². The summed E-state index contributed by atoms with van der Waals surface area (Å²) >= 11 is 0. The average Bonchev–Trinajstić information content (AvgIpc) is 2.61. The molecule has 1 heterocycles. The second kappa shape index (κ2) is 10.1. The number of esters is 2. The van der Waals surface area contributed by atoms with Gasteiger partial charge in [-0.05, 0) is 30.2 Å². The van der Waals surface area contributed by atoms with Crippen molar-refractivity contribution >= 4 is 18.0 Å². The first-order valence-electron chi connectivity index (χ1n) is 9.82. The summed E-state index contributed by atoms with van der Waals surface area (Å²) in [7, 11) is 0. The normalized spacial score (nSPS) is 15.9. The molecule has 1 saturated heterocycles. The van der Waals surface area contributed by atoms with Crippen LogP contribution in [0.5, 0.6) is 5.75 Å². The Morgan fingerprint density at radius 3 is 2.04 bits per heavy atom. The summed E-state index contributed by atoms with van der Waals surface area (Å²) < 4.78 is 15.9. The Labute approximate surface area is 161 Å². The molecule has 0 saturated carbocycles. The van der Waals surface area contributed by atoms with E-state index in [1.54, 1.807) is 12.1 Å². The van der Waals surface area contributed by atoms with Gasteiger partial charge in [0.15, 0.2) is 0 Å². The van der Waals surface area contributed by atoms with Gasteiger partial charge in [-0.1, -0.05) is 57.6 Å². The van der Waals surface area contributed by atoms with Gasteiger partial charge in [-0.15, -0.1) is 0 Å².